The van der Waals surface area contributed by atoms with Gasteiger partial charge < -0.3 is 16.4 Å². The first-order valence-electron chi connectivity index (χ1n) is 6.60. The lowest BCUT2D eigenvalue weighted by molar-refractivity contribution is 0.269. The van der Waals surface area contributed by atoms with Gasteiger partial charge in [0.15, 0.2) is 5.82 Å². The third kappa shape index (κ3) is 2.25. The third-order valence-corrected chi connectivity index (χ3v) is 3.56. The summed E-state index contributed by atoms with van der Waals surface area (Å²) >= 11 is 0. The molecule has 0 radical (unpaired) electrons. The lowest BCUT2D eigenvalue weighted by Gasteiger charge is -2.29. The Labute approximate surface area is 117 Å². The zero-order chi connectivity index (χ0) is 14.1. The molecule has 2 aromatic rings. The Morgan fingerprint density at radius 1 is 1.15 bits per heavy atom. The first kappa shape index (κ1) is 12.7. The third-order valence-electron chi connectivity index (χ3n) is 3.56. The second kappa shape index (κ2) is 4.97. The van der Waals surface area contributed by atoms with E-state index in [0.29, 0.717) is 11.8 Å². The van der Waals surface area contributed by atoms with Crippen molar-refractivity contribution in [1.82, 2.24) is 19.7 Å². The van der Waals surface area contributed by atoms with Crippen molar-refractivity contribution in [3.05, 3.63) is 47.4 Å². The average Bonchev–Trinajstić information content (AvgIpc) is 2.82. The molecule has 4 N–H and O–H groups in total. The summed E-state index contributed by atoms with van der Waals surface area (Å²) in [5.41, 5.74) is 14.5. The highest BCUT2D eigenvalue weighted by molar-refractivity contribution is 5.38. The molecule has 0 amide bonds. The number of hydrogen-bond donors (Lipinski definition) is 2. The molecule has 1 atom stereocenters. The van der Waals surface area contributed by atoms with Crippen molar-refractivity contribution in [1.29, 1.82) is 0 Å². The molecule has 6 heteroatoms. The highest BCUT2D eigenvalue weighted by atomic mass is 15.4. The fourth-order valence-electron chi connectivity index (χ4n) is 2.29. The van der Waals surface area contributed by atoms with Crippen LogP contribution in [0.5, 0.6) is 0 Å². The van der Waals surface area contributed by atoms with E-state index in [1.54, 1.807) is 4.57 Å². The minimum Gasteiger partial charge on any atom is -0.368 e. The molecule has 0 spiro atoms. The number of nitrogens with two attached hydrogens (primary N) is 2. The van der Waals surface area contributed by atoms with Crippen LogP contribution in [0.4, 0.5) is 5.95 Å². The Bertz CT molecular complexity index is 628. The molecule has 1 aliphatic heterocycles. The van der Waals surface area contributed by atoms with Gasteiger partial charge in [-0.15, -0.1) is 10.2 Å². The van der Waals surface area contributed by atoms with Gasteiger partial charge in [0.2, 0.25) is 5.95 Å². The second-order valence-corrected chi connectivity index (χ2v) is 5.00. The van der Waals surface area contributed by atoms with Crippen molar-refractivity contribution >= 4 is 12.1 Å². The summed E-state index contributed by atoms with van der Waals surface area (Å²) in [6.07, 6.45) is 4.41. The number of aromatic nitrogens is 3. The van der Waals surface area contributed by atoms with Crippen molar-refractivity contribution in [2.24, 2.45) is 5.73 Å². The number of nitrogen functional groups attached to an aromatic ring is 1. The first-order valence-corrected chi connectivity index (χ1v) is 6.60. The summed E-state index contributed by atoms with van der Waals surface area (Å²) in [5, 5.41) is 7.87. The molecule has 1 aromatic heterocycles. The van der Waals surface area contributed by atoms with E-state index in [1.165, 1.54) is 11.1 Å². The molecule has 0 bridgehead atoms. The molecule has 20 heavy (non-hydrogen) atoms. The smallest absolute Gasteiger partial charge is 0.226 e. The van der Waals surface area contributed by atoms with Crippen LogP contribution in [0.25, 0.3) is 6.20 Å². The van der Waals surface area contributed by atoms with Crippen LogP contribution in [0.1, 0.15) is 23.1 Å². The standard InChI is InChI=1S/C14H18N6/c1-10-2-4-11(5-3-10)6-7-19-8-9-20-13(12(19)15)17-18-14(20)16/h2-5,8-9,12H,6-7,15H2,1H3,(H2,16,18). The Morgan fingerprint density at radius 3 is 2.65 bits per heavy atom. The van der Waals surface area contributed by atoms with Crippen molar-refractivity contribution < 1.29 is 0 Å². The highest BCUT2D eigenvalue weighted by Gasteiger charge is 2.23. The van der Waals surface area contributed by atoms with E-state index < -0.39 is 0 Å². The van der Waals surface area contributed by atoms with Crippen LogP contribution >= 0.6 is 0 Å². The maximum atomic E-state index is 6.19. The van der Waals surface area contributed by atoms with Crippen molar-refractivity contribution in [3.63, 3.8) is 0 Å². The number of hydrogen-bond acceptors (Lipinski definition) is 5. The molecule has 1 aliphatic rings. The normalized spacial score (nSPS) is 17.3. The van der Waals surface area contributed by atoms with Gasteiger partial charge in [0.25, 0.3) is 0 Å². The lowest BCUT2D eigenvalue weighted by atomic mass is 10.1. The lowest BCUT2D eigenvalue weighted by Crippen LogP contribution is -2.36. The van der Waals surface area contributed by atoms with Crippen LogP contribution in [-0.4, -0.2) is 26.2 Å². The summed E-state index contributed by atoms with van der Waals surface area (Å²) in [7, 11) is 0. The molecule has 3 rings (SSSR count). The van der Waals surface area contributed by atoms with Gasteiger partial charge in [-0.2, -0.15) is 0 Å². The molecule has 0 fully saturated rings. The summed E-state index contributed by atoms with van der Waals surface area (Å²) < 4.78 is 1.72. The second-order valence-electron chi connectivity index (χ2n) is 5.00. The van der Waals surface area contributed by atoms with Gasteiger partial charge in [-0.1, -0.05) is 29.8 Å². The fourth-order valence-corrected chi connectivity index (χ4v) is 2.29. The van der Waals surface area contributed by atoms with E-state index in [-0.39, 0.29) is 6.17 Å². The number of aryl methyl sites for hydroxylation is 1. The predicted octanol–water partition coefficient (Wildman–Crippen LogP) is 1.11. The zero-order valence-electron chi connectivity index (χ0n) is 11.4. The van der Waals surface area contributed by atoms with Crippen molar-refractivity contribution in [2.75, 3.05) is 12.3 Å². The van der Waals surface area contributed by atoms with Gasteiger partial charge in [0.05, 0.1) is 0 Å². The molecule has 1 unspecified atom stereocenters. The van der Waals surface area contributed by atoms with Gasteiger partial charge in [-0.25, -0.2) is 0 Å². The molecule has 0 saturated heterocycles. The maximum Gasteiger partial charge on any atom is 0.226 e. The van der Waals surface area contributed by atoms with E-state index in [2.05, 4.69) is 41.4 Å². The van der Waals surface area contributed by atoms with E-state index in [1.807, 2.05) is 17.3 Å². The number of nitrogens with zero attached hydrogens (tertiary/aromatic N) is 4. The zero-order valence-corrected chi connectivity index (χ0v) is 11.4. The van der Waals surface area contributed by atoms with Crippen LogP contribution in [0.3, 0.4) is 0 Å². The average molecular weight is 270 g/mol. The van der Waals surface area contributed by atoms with Crippen LogP contribution in [-0.2, 0) is 6.42 Å². The van der Waals surface area contributed by atoms with E-state index in [4.69, 9.17) is 11.5 Å². The molecule has 1 aromatic carbocycles. The van der Waals surface area contributed by atoms with Crippen LogP contribution < -0.4 is 11.5 Å². The van der Waals surface area contributed by atoms with Crippen LogP contribution in [0.15, 0.2) is 30.5 Å². The van der Waals surface area contributed by atoms with E-state index in [0.717, 1.165) is 13.0 Å². The van der Waals surface area contributed by atoms with Gasteiger partial charge in [-0.3, -0.25) is 4.57 Å². The van der Waals surface area contributed by atoms with Gasteiger partial charge in [-0.05, 0) is 18.9 Å². The minimum atomic E-state index is -0.310. The molecular formula is C14H18N6. The first-order chi connectivity index (χ1) is 9.65. The summed E-state index contributed by atoms with van der Waals surface area (Å²) in [5.74, 6) is 1.04. The molecule has 6 nitrogen and oxygen atoms in total. The van der Waals surface area contributed by atoms with Gasteiger partial charge >= 0.3 is 0 Å². The monoisotopic (exact) mass is 270 g/mol. The number of rotatable bonds is 3. The molecular weight excluding hydrogens is 252 g/mol. The predicted molar refractivity (Wildman–Crippen MR) is 78.3 cm³/mol. The topological polar surface area (TPSA) is 86.0 Å². The Balaban J connectivity index is 1.69. The van der Waals surface area contributed by atoms with Crippen molar-refractivity contribution in [2.45, 2.75) is 19.5 Å². The largest absolute Gasteiger partial charge is 0.368 e. The fraction of sp³-hybridized carbons (Fsp3) is 0.286. The Kier molecular flexibility index (Phi) is 3.15. The van der Waals surface area contributed by atoms with E-state index >= 15 is 0 Å². The van der Waals surface area contributed by atoms with E-state index in [9.17, 15) is 0 Å². The van der Waals surface area contributed by atoms with Crippen LogP contribution in [0.2, 0.25) is 0 Å². The number of benzene rings is 1. The Hall–Kier alpha value is -2.34. The summed E-state index contributed by atoms with van der Waals surface area (Å²) in [6.45, 7) is 2.91. The molecule has 2 heterocycles. The molecule has 104 valence electrons. The maximum absolute atomic E-state index is 6.19. The molecule has 0 saturated carbocycles. The summed E-state index contributed by atoms with van der Waals surface area (Å²) in [6, 6.07) is 8.54. The number of anilines is 1. The van der Waals surface area contributed by atoms with Crippen molar-refractivity contribution in [3.8, 4) is 0 Å². The van der Waals surface area contributed by atoms with Gasteiger partial charge in [0, 0.05) is 18.9 Å². The SMILES string of the molecule is Cc1ccc(CCN2C=Cn3c(N)nnc3C2N)cc1. The quantitative estimate of drug-likeness (QED) is 0.872. The number of fused-ring (bicyclic) bond motifs is 1. The van der Waals surface area contributed by atoms with Gasteiger partial charge in [0.1, 0.15) is 6.17 Å². The highest BCUT2D eigenvalue weighted by Crippen LogP contribution is 2.21. The minimum absolute atomic E-state index is 0.310. The van der Waals surface area contributed by atoms with Crippen LogP contribution in [0, 0.1) is 6.92 Å². The molecule has 0 aliphatic carbocycles. The summed E-state index contributed by atoms with van der Waals surface area (Å²) in [4.78, 5) is 2.04. The Morgan fingerprint density at radius 2 is 1.90 bits per heavy atom.